The average molecular weight is 352 g/mol. The maximum absolute atomic E-state index is 14.6. The molecule has 0 radical (unpaired) electrons. The lowest BCUT2D eigenvalue weighted by Gasteiger charge is -2.46. The first kappa shape index (κ1) is 17.7. The van der Waals surface area contributed by atoms with Gasteiger partial charge in [-0.2, -0.15) is 4.98 Å². The summed E-state index contributed by atoms with van der Waals surface area (Å²) in [7, 11) is 0. The highest BCUT2D eigenvalue weighted by Gasteiger charge is 2.39. The quantitative estimate of drug-likeness (QED) is 0.799. The highest BCUT2D eigenvalue weighted by molar-refractivity contribution is 5.66. The molecule has 0 bridgehead atoms. The highest BCUT2D eigenvalue weighted by atomic mass is 19.1. The summed E-state index contributed by atoms with van der Waals surface area (Å²) in [6.07, 6.45) is -0.410. The monoisotopic (exact) mass is 352 g/mol. The third-order valence-corrected chi connectivity index (χ3v) is 4.84. The molecule has 0 spiro atoms. The maximum Gasteiger partial charge on any atom is 0.407 e. The number of hydrogen-bond acceptors (Lipinski definition) is 5. The molecule has 2 aliphatic heterocycles. The van der Waals surface area contributed by atoms with Crippen molar-refractivity contribution in [2.75, 3.05) is 31.1 Å². The maximum atomic E-state index is 14.6. The number of amides is 1. The molecule has 2 atom stereocenters. The number of aromatic nitrogens is 1. The number of carboxylic acid groups (broad SMARTS) is 1. The first-order valence-electron chi connectivity index (χ1n) is 8.49. The second-order valence-corrected chi connectivity index (χ2v) is 7.84. The minimum absolute atomic E-state index is 0.149. The zero-order valence-electron chi connectivity index (χ0n) is 14.8. The van der Waals surface area contributed by atoms with Crippen LogP contribution < -0.4 is 15.4 Å². The molecule has 3 heterocycles. The fourth-order valence-corrected chi connectivity index (χ4v) is 3.47. The van der Waals surface area contributed by atoms with Crippen molar-refractivity contribution < 1.29 is 19.0 Å². The predicted molar refractivity (Wildman–Crippen MR) is 91.6 cm³/mol. The number of nitrogens with two attached hydrogens (primary N) is 1. The number of rotatable bonds is 1. The van der Waals surface area contributed by atoms with E-state index >= 15 is 0 Å². The number of hydrogen-bond donors (Lipinski definition) is 2. The van der Waals surface area contributed by atoms with Crippen molar-refractivity contribution in [1.82, 2.24) is 9.88 Å². The first-order valence-corrected chi connectivity index (χ1v) is 8.49. The minimum atomic E-state index is -0.948. The molecule has 1 unspecified atom stereocenters. The number of anilines is 1. The Kier molecular flexibility index (Phi) is 4.49. The Bertz CT molecular complexity index is 677. The Morgan fingerprint density at radius 3 is 2.80 bits per heavy atom. The van der Waals surface area contributed by atoms with Crippen LogP contribution in [0.2, 0.25) is 0 Å². The van der Waals surface area contributed by atoms with Gasteiger partial charge in [0.05, 0.1) is 6.04 Å². The van der Waals surface area contributed by atoms with Crippen LogP contribution in [0.15, 0.2) is 6.07 Å². The molecule has 138 valence electrons. The summed E-state index contributed by atoms with van der Waals surface area (Å²) in [6.45, 7) is 7.40. The Morgan fingerprint density at radius 2 is 2.16 bits per heavy atom. The van der Waals surface area contributed by atoms with Gasteiger partial charge >= 0.3 is 6.09 Å². The summed E-state index contributed by atoms with van der Waals surface area (Å²) < 4.78 is 20.2. The largest absolute Gasteiger partial charge is 0.476 e. The van der Waals surface area contributed by atoms with Crippen molar-refractivity contribution in [3.63, 3.8) is 0 Å². The Morgan fingerprint density at radius 1 is 1.44 bits per heavy atom. The number of fused-ring (bicyclic) bond motifs is 1. The van der Waals surface area contributed by atoms with Crippen molar-refractivity contribution in [1.29, 1.82) is 0 Å². The number of piperazine rings is 1. The van der Waals surface area contributed by atoms with E-state index in [2.05, 4.69) is 4.98 Å². The number of pyridine rings is 1. The van der Waals surface area contributed by atoms with Crippen molar-refractivity contribution in [2.45, 2.75) is 39.3 Å². The van der Waals surface area contributed by atoms with Crippen LogP contribution in [0.5, 0.6) is 5.88 Å². The zero-order valence-corrected chi connectivity index (χ0v) is 14.8. The van der Waals surface area contributed by atoms with Crippen molar-refractivity contribution >= 4 is 11.9 Å². The fraction of sp³-hybridized carbons (Fsp3) is 0.647. The molecule has 1 amide bonds. The van der Waals surface area contributed by atoms with Gasteiger partial charge in [0.25, 0.3) is 0 Å². The number of carbonyl (C=O) groups is 1. The summed E-state index contributed by atoms with van der Waals surface area (Å²) in [5.41, 5.74) is 6.25. The van der Waals surface area contributed by atoms with Crippen molar-refractivity contribution in [2.24, 2.45) is 11.1 Å². The Balaban J connectivity index is 1.88. The third-order valence-electron chi connectivity index (χ3n) is 4.84. The second-order valence-electron chi connectivity index (χ2n) is 7.84. The van der Waals surface area contributed by atoms with Gasteiger partial charge in [-0.05, 0) is 17.9 Å². The van der Waals surface area contributed by atoms with Gasteiger partial charge in [-0.1, -0.05) is 20.8 Å². The van der Waals surface area contributed by atoms with Crippen LogP contribution in [0.1, 0.15) is 26.3 Å². The van der Waals surface area contributed by atoms with Crippen molar-refractivity contribution in [3.05, 3.63) is 17.4 Å². The van der Waals surface area contributed by atoms with E-state index in [9.17, 15) is 14.3 Å². The summed E-state index contributed by atoms with van der Waals surface area (Å²) in [4.78, 5) is 19.1. The molecule has 3 rings (SSSR count). The van der Waals surface area contributed by atoms with Crippen LogP contribution in [0.4, 0.5) is 15.0 Å². The van der Waals surface area contributed by atoms with Crippen LogP contribution in [-0.2, 0) is 6.42 Å². The van der Waals surface area contributed by atoms with E-state index in [1.807, 2.05) is 25.7 Å². The lowest BCUT2D eigenvalue weighted by Crippen LogP contribution is -2.59. The highest BCUT2D eigenvalue weighted by Crippen LogP contribution is 2.33. The molecule has 8 heteroatoms. The summed E-state index contributed by atoms with van der Waals surface area (Å²) in [6, 6.07) is 1.03. The molecule has 1 aromatic heterocycles. The lowest BCUT2D eigenvalue weighted by molar-refractivity contribution is 0.0745. The van der Waals surface area contributed by atoms with Crippen LogP contribution >= 0.6 is 0 Å². The zero-order chi connectivity index (χ0) is 18.4. The van der Waals surface area contributed by atoms with E-state index in [-0.39, 0.29) is 23.3 Å². The standard InChI is InChI=1S/C17H25FN4O3/c1-17(2,3)13-8-21(4-5-22(13)16(23)24)14-12(18)7-10-6-11(19)9-25-15(10)20-14/h7,11,13H,4-6,8-9,19H2,1-3H3,(H,23,24)/t11?,13-/m0/s1. The van der Waals surface area contributed by atoms with Gasteiger partial charge in [-0.25, -0.2) is 9.18 Å². The summed E-state index contributed by atoms with van der Waals surface area (Å²) in [5, 5.41) is 9.45. The van der Waals surface area contributed by atoms with E-state index in [4.69, 9.17) is 10.5 Å². The number of halogens is 1. The minimum Gasteiger partial charge on any atom is -0.476 e. The predicted octanol–water partition coefficient (Wildman–Crippen LogP) is 1.70. The van der Waals surface area contributed by atoms with E-state index in [0.717, 1.165) is 0 Å². The molecule has 2 aliphatic rings. The van der Waals surface area contributed by atoms with Gasteiger partial charge in [-0.15, -0.1) is 0 Å². The SMILES string of the molecule is CC(C)(C)[C@@H]1CN(c2nc3c(cc2F)CC(N)CO3)CCN1C(=O)O. The normalized spacial score (nSPS) is 23.9. The number of nitrogens with zero attached hydrogens (tertiary/aromatic N) is 3. The molecule has 3 N–H and O–H groups in total. The summed E-state index contributed by atoms with van der Waals surface area (Å²) in [5.74, 6) is 0.215. The molecular weight excluding hydrogens is 327 g/mol. The van der Waals surface area contributed by atoms with E-state index in [0.29, 0.717) is 44.1 Å². The molecule has 7 nitrogen and oxygen atoms in total. The second kappa shape index (κ2) is 6.33. The van der Waals surface area contributed by atoms with Gasteiger partial charge in [0, 0.05) is 31.2 Å². The summed E-state index contributed by atoms with van der Waals surface area (Å²) >= 11 is 0. The van der Waals surface area contributed by atoms with Crippen LogP contribution in [0, 0.1) is 11.2 Å². The van der Waals surface area contributed by atoms with Gasteiger partial charge in [0.2, 0.25) is 5.88 Å². The topological polar surface area (TPSA) is 91.9 Å². The van der Waals surface area contributed by atoms with Crippen LogP contribution in [0.25, 0.3) is 0 Å². The van der Waals surface area contributed by atoms with Crippen LogP contribution in [0.3, 0.4) is 0 Å². The van der Waals surface area contributed by atoms with E-state index in [1.54, 1.807) is 0 Å². The van der Waals surface area contributed by atoms with Gasteiger partial charge < -0.3 is 25.4 Å². The number of ether oxygens (including phenoxy) is 1. The fourth-order valence-electron chi connectivity index (χ4n) is 3.47. The molecule has 1 saturated heterocycles. The molecular formula is C17H25FN4O3. The third kappa shape index (κ3) is 3.49. The van der Waals surface area contributed by atoms with Crippen LogP contribution in [-0.4, -0.2) is 59.4 Å². The van der Waals surface area contributed by atoms with Gasteiger partial charge in [0.1, 0.15) is 6.61 Å². The molecule has 0 aromatic carbocycles. The van der Waals surface area contributed by atoms with Crippen molar-refractivity contribution in [3.8, 4) is 5.88 Å². The van der Waals surface area contributed by atoms with Gasteiger partial charge in [-0.3, -0.25) is 0 Å². The van der Waals surface area contributed by atoms with E-state index < -0.39 is 11.9 Å². The van der Waals surface area contributed by atoms with Gasteiger partial charge in [0.15, 0.2) is 11.6 Å². The molecule has 1 fully saturated rings. The lowest BCUT2D eigenvalue weighted by atomic mass is 9.84. The molecule has 0 aliphatic carbocycles. The average Bonchev–Trinajstić information content (AvgIpc) is 2.52. The smallest absolute Gasteiger partial charge is 0.407 e. The van der Waals surface area contributed by atoms with E-state index in [1.165, 1.54) is 11.0 Å². The Hall–Kier alpha value is -2.09. The molecule has 1 aromatic rings. The first-order chi connectivity index (χ1) is 11.7. The Labute approximate surface area is 146 Å². The molecule has 0 saturated carbocycles. The molecule has 25 heavy (non-hydrogen) atoms.